The lowest BCUT2D eigenvalue weighted by Gasteiger charge is -2.36. The van der Waals surface area contributed by atoms with Crippen LogP contribution in [0.1, 0.15) is 33.3 Å². The molecule has 0 bridgehead atoms. The molecule has 0 radical (unpaired) electrons. The maximum absolute atomic E-state index is 11.8. The molecule has 3 amide bonds. The van der Waals surface area contributed by atoms with Gasteiger partial charge in [0.25, 0.3) is 0 Å². The summed E-state index contributed by atoms with van der Waals surface area (Å²) in [7, 11) is 0. The summed E-state index contributed by atoms with van der Waals surface area (Å²) in [5.74, 6) is 0.988. The van der Waals surface area contributed by atoms with Crippen molar-refractivity contribution >= 4 is 47.6 Å². The van der Waals surface area contributed by atoms with Crippen LogP contribution in [0.2, 0.25) is 0 Å². The molecule has 1 aromatic rings. The fourth-order valence-electron chi connectivity index (χ4n) is 2.95. The van der Waals surface area contributed by atoms with E-state index in [1.807, 2.05) is 49.9 Å². The number of anilines is 1. The number of piperazine rings is 1. The molecule has 1 fully saturated rings. The maximum Gasteiger partial charge on any atom is 0.319 e. The fraction of sp³-hybridized carbons (Fsp3) is 0.550. The fourth-order valence-corrected chi connectivity index (χ4v) is 2.95. The van der Waals surface area contributed by atoms with Gasteiger partial charge in [-0.25, -0.2) is 9.79 Å². The Morgan fingerprint density at radius 3 is 2.17 bits per heavy atom. The van der Waals surface area contributed by atoms with Crippen LogP contribution in [0.5, 0.6) is 0 Å². The lowest BCUT2D eigenvalue weighted by atomic mass is 10.2. The molecular weight excluding hydrogens is 483 g/mol. The van der Waals surface area contributed by atoms with Gasteiger partial charge in [0, 0.05) is 51.4 Å². The first-order valence-electron chi connectivity index (χ1n) is 9.84. The zero-order valence-electron chi connectivity index (χ0n) is 17.7. The minimum atomic E-state index is -0.208. The highest BCUT2D eigenvalue weighted by Gasteiger charge is 2.20. The third kappa shape index (κ3) is 8.46. The topological polar surface area (TPSA) is 89.1 Å². The van der Waals surface area contributed by atoms with Gasteiger partial charge in [-0.05, 0) is 38.5 Å². The molecule has 9 heteroatoms. The molecule has 1 aromatic carbocycles. The number of carbonyl (C=O) groups is 2. The number of nitrogens with zero attached hydrogens (tertiary/aromatic N) is 3. The van der Waals surface area contributed by atoms with Gasteiger partial charge < -0.3 is 25.8 Å². The summed E-state index contributed by atoms with van der Waals surface area (Å²) in [4.78, 5) is 32.0. The van der Waals surface area contributed by atoms with Crippen molar-refractivity contribution in [2.75, 3.05) is 38.0 Å². The van der Waals surface area contributed by atoms with E-state index in [4.69, 9.17) is 4.99 Å². The SMILES string of the molecule is CCNC(=NCc1ccc(NC(=O)NC(C)C)cc1)N1CCN(C(C)=O)CC1.I. The molecule has 1 aliphatic heterocycles. The number of carbonyl (C=O) groups excluding carboxylic acids is 2. The van der Waals surface area contributed by atoms with Crippen LogP contribution in [0.15, 0.2) is 29.3 Å². The van der Waals surface area contributed by atoms with Crippen LogP contribution in [-0.2, 0) is 11.3 Å². The number of benzene rings is 1. The second-order valence-electron chi connectivity index (χ2n) is 7.11. The van der Waals surface area contributed by atoms with Gasteiger partial charge >= 0.3 is 6.03 Å². The minimum absolute atomic E-state index is 0. The molecule has 0 atom stereocenters. The quantitative estimate of drug-likeness (QED) is 0.319. The molecule has 0 aliphatic carbocycles. The van der Waals surface area contributed by atoms with Gasteiger partial charge in [-0.2, -0.15) is 0 Å². The highest BCUT2D eigenvalue weighted by molar-refractivity contribution is 14.0. The van der Waals surface area contributed by atoms with Crippen LogP contribution in [0.4, 0.5) is 10.5 Å². The molecule has 1 saturated heterocycles. The smallest absolute Gasteiger partial charge is 0.319 e. The monoisotopic (exact) mass is 516 g/mol. The maximum atomic E-state index is 11.8. The summed E-state index contributed by atoms with van der Waals surface area (Å²) in [5.41, 5.74) is 1.81. The Kier molecular flexibility index (Phi) is 10.8. The van der Waals surface area contributed by atoms with E-state index in [9.17, 15) is 9.59 Å². The van der Waals surface area contributed by atoms with Gasteiger partial charge in [0.05, 0.1) is 6.54 Å². The largest absolute Gasteiger partial charge is 0.357 e. The number of hydrogen-bond acceptors (Lipinski definition) is 3. The van der Waals surface area contributed by atoms with E-state index in [-0.39, 0.29) is 42.0 Å². The number of urea groups is 1. The van der Waals surface area contributed by atoms with Crippen molar-refractivity contribution in [1.82, 2.24) is 20.4 Å². The number of halogens is 1. The zero-order chi connectivity index (χ0) is 20.5. The van der Waals surface area contributed by atoms with Gasteiger partial charge in [0.1, 0.15) is 0 Å². The van der Waals surface area contributed by atoms with Crippen LogP contribution in [0.25, 0.3) is 0 Å². The van der Waals surface area contributed by atoms with E-state index in [0.717, 1.165) is 49.9 Å². The molecular formula is C20H33IN6O2. The molecule has 3 N–H and O–H groups in total. The molecule has 0 spiro atoms. The van der Waals surface area contributed by atoms with Crippen LogP contribution < -0.4 is 16.0 Å². The first-order chi connectivity index (χ1) is 13.4. The Morgan fingerprint density at radius 2 is 1.66 bits per heavy atom. The number of aliphatic imine (C=N–C) groups is 1. The van der Waals surface area contributed by atoms with Crippen LogP contribution >= 0.6 is 24.0 Å². The van der Waals surface area contributed by atoms with E-state index in [1.54, 1.807) is 6.92 Å². The Morgan fingerprint density at radius 1 is 1.07 bits per heavy atom. The summed E-state index contributed by atoms with van der Waals surface area (Å²) in [6, 6.07) is 7.57. The molecule has 8 nitrogen and oxygen atoms in total. The van der Waals surface area contributed by atoms with Crippen molar-refractivity contribution in [3.05, 3.63) is 29.8 Å². The van der Waals surface area contributed by atoms with E-state index in [0.29, 0.717) is 6.54 Å². The summed E-state index contributed by atoms with van der Waals surface area (Å²) in [5, 5.41) is 8.94. The number of guanidine groups is 1. The average molecular weight is 516 g/mol. The number of hydrogen-bond donors (Lipinski definition) is 3. The molecule has 1 aliphatic rings. The molecule has 1 heterocycles. The second-order valence-corrected chi connectivity index (χ2v) is 7.11. The van der Waals surface area contributed by atoms with Gasteiger partial charge in [-0.15, -0.1) is 24.0 Å². The summed E-state index contributed by atoms with van der Waals surface area (Å²) < 4.78 is 0. The normalized spacial score (nSPS) is 14.3. The van der Waals surface area contributed by atoms with Crippen molar-refractivity contribution in [2.24, 2.45) is 4.99 Å². The molecule has 29 heavy (non-hydrogen) atoms. The van der Waals surface area contributed by atoms with E-state index < -0.39 is 0 Å². The average Bonchev–Trinajstić information content (AvgIpc) is 2.65. The Balaban J connectivity index is 0.00000420. The van der Waals surface area contributed by atoms with E-state index in [2.05, 4.69) is 20.9 Å². The van der Waals surface area contributed by atoms with Gasteiger partial charge in [0.2, 0.25) is 5.91 Å². The Hall–Kier alpha value is -2.04. The van der Waals surface area contributed by atoms with Crippen molar-refractivity contribution in [3.63, 3.8) is 0 Å². The second kappa shape index (κ2) is 12.5. The molecule has 0 saturated carbocycles. The summed E-state index contributed by atoms with van der Waals surface area (Å²) in [6.07, 6.45) is 0. The first kappa shape index (κ1) is 25.0. The zero-order valence-corrected chi connectivity index (χ0v) is 20.0. The molecule has 0 aromatic heterocycles. The number of nitrogens with one attached hydrogen (secondary N) is 3. The van der Waals surface area contributed by atoms with Gasteiger partial charge in [-0.1, -0.05) is 12.1 Å². The lowest BCUT2D eigenvalue weighted by Crippen LogP contribution is -2.53. The molecule has 2 rings (SSSR count). The Labute approximate surface area is 190 Å². The number of amides is 3. The van der Waals surface area contributed by atoms with Crippen LogP contribution in [-0.4, -0.2) is 66.5 Å². The van der Waals surface area contributed by atoms with Crippen LogP contribution in [0, 0.1) is 0 Å². The van der Waals surface area contributed by atoms with Crippen molar-refractivity contribution in [1.29, 1.82) is 0 Å². The van der Waals surface area contributed by atoms with E-state index in [1.165, 1.54) is 0 Å². The minimum Gasteiger partial charge on any atom is -0.357 e. The molecule has 0 unspecified atom stereocenters. The van der Waals surface area contributed by atoms with E-state index >= 15 is 0 Å². The predicted molar refractivity (Wildman–Crippen MR) is 128 cm³/mol. The highest BCUT2D eigenvalue weighted by atomic mass is 127. The highest BCUT2D eigenvalue weighted by Crippen LogP contribution is 2.11. The standard InChI is InChI=1S/C20H32N6O2.HI/c1-5-21-19(26-12-10-25(11-13-26)16(4)27)22-14-17-6-8-18(9-7-17)24-20(28)23-15(2)3;/h6-9,15H,5,10-14H2,1-4H3,(H,21,22)(H2,23,24,28);1H. The summed E-state index contributed by atoms with van der Waals surface area (Å²) >= 11 is 0. The van der Waals surface area contributed by atoms with Crippen LogP contribution in [0.3, 0.4) is 0 Å². The van der Waals surface area contributed by atoms with Crippen molar-refractivity contribution < 1.29 is 9.59 Å². The Bertz CT molecular complexity index is 685. The van der Waals surface area contributed by atoms with Gasteiger partial charge in [-0.3, -0.25) is 4.79 Å². The summed E-state index contributed by atoms with van der Waals surface area (Å²) in [6.45, 7) is 11.8. The van der Waals surface area contributed by atoms with Crippen molar-refractivity contribution in [2.45, 2.75) is 40.3 Å². The third-order valence-corrected chi connectivity index (χ3v) is 4.40. The predicted octanol–water partition coefficient (Wildman–Crippen LogP) is 2.46. The third-order valence-electron chi connectivity index (χ3n) is 4.40. The van der Waals surface area contributed by atoms with Crippen molar-refractivity contribution in [3.8, 4) is 0 Å². The molecule has 162 valence electrons. The lowest BCUT2D eigenvalue weighted by molar-refractivity contribution is -0.130. The number of rotatable bonds is 5. The van der Waals surface area contributed by atoms with Gasteiger partial charge in [0.15, 0.2) is 5.96 Å². The first-order valence-corrected chi connectivity index (χ1v) is 9.84.